The molecular weight excluding hydrogens is 390 g/mol. The Balaban J connectivity index is 2.74. The smallest absolute Gasteiger partial charge is 0.374 e. The highest BCUT2D eigenvalue weighted by molar-refractivity contribution is 6.02. The Kier molecular flexibility index (Phi) is 8.97. The van der Waals surface area contributed by atoms with E-state index >= 15 is 0 Å². The number of hydroxylamine groups is 2. The lowest BCUT2D eigenvalue weighted by Gasteiger charge is -2.19. The van der Waals surface area contributed by atoms with Crippen molar-refractivity contribution in [3.63, 3.8) is 0 Å². The highest BCUT2D eigenvalue weighted by atomic mass is 16.7. The van der Waals surface area contributed by atoms with E-state index in [1.807, 2.05) is 13.8 Å². The largest absolute Gasteiger partial charge is 0.462 e. The molecule has 1 saturated heterocycles. The Bertz CT molecular complexity index is 683. The van der Waals surface area contributed by atoms with E-state index in [2.05, 4.69) is 11.4 Å². The molecule has 0 aromatic carbocycles. The normalized spacial score (nSPS) is 15.5. The maximum atomic E-state index is 12.2. The second kappa shape index (κ2) is 10.9. The first-order valence-electron chi connectivity index (χ1n) is 8.78. The molecule has 0 N–H and O–H groups in total. The van der Waals surface area contributed by atoms with E-state index in [1.54, 1.807) is 0 Å². The molecule has 160 valence electrons. The van der Waals surface area contributed by atoms with Gasteiger partial charge in [0.2, 0.25) is 12.2 Å². The van der Waals surface area contributed by atoms with Crippen LogP contribution in [0.5, 0.6) is 0 Å². The first kappa shape index (κ1) is 23.8. The van der Waals surface area contributed by atoms with Crippen molar-refractivity contribution in [3.05, 3.63) is 12.7 Å². The maximum absolute atomic E-state index is 12.2. The summed E-state index contributed by atoms with van der Waals surface area (Å²) in [4.78, 5) is 75.0. The highest BCUT2D eigenvalue weighted by Gasteiger charge is 2.37. The maximum Gasteiger partial charge on any atom is 0.374 e. The monoisotopic (exact) mass is 413 g/mol. The number of imide groups is 1. The van der Waals surface area contributed by atoms with Crippen molar-refractivity contribution in [2.45, 2.75) is 52.2 Å². The van der Waals surface area contributed by atoms with Crippen molar-refractivity contribution < 1.29 is 47.8 Å². The lowest BCUT2D eigenvalue weighted by Crippen LogP contribution is -2.39. The fourth-order valence-corrected chi connectivity index (χ4v) is 2.04. The summed E-state index contributed by atoms with van der Waals surface area (Å²) in [6.45, 7) is 8.08. The molecule has 29 heavy (non-hydrogen) atoms. The summed E-state index contributed by atoms with van der Waals surface area (Å²) in [7, 11) is 0. The van der Waals surface area contributed by atoms with Crippen molar-refractivity contribution >= 4 is 35.7 Å². The average Bonchev–Trinajstić information content (AvgIpc) is 2.95. The van der Waals surface area contributed by atoms with Crippen LogP contribution in [0.2, 0.25) is 0 Å². The lowest BCUT2D eigenvalue weighted by atomic mass is 10.2. The van der Waals surface area contributed by atoms with E-state index in [0.717, 1.165) is 13.0 Å². The molecule has 1 fully saturated rings. The van der Waals surface area contributed by atoms with Crippen molar-refractivity contribution in [2.24, 2.45) is 5.92 Å². The van der Waals surface area contributed by atoms with E-state index in [-0.39, 0.29) is 30.4 Å². The third-order valence-electron chi connectivity index (χ3n) is 3.37. The van der Waals surface area contributed by atoms with Crippen molar-refractivity contribution in [2.75, 3.05) is 6.61 Å². The van der Waals surface area contributed by atoms with E-state index in [9.17, 15) is 28.8 Å². The molecule has 0 unspecified atom stereocenters. The van der Waals surface area contributed by atoms with Crippen LogP contribution in [0.25, 0.3) is 0 Å². The van der Waals surface area contributed by atoms with Gasteiger partial charge >= 0.3 is 23.9 Å². The number of hydrogen-bond acceptors (Lipinski definition) is 10. The molecule has 0 saturated carbocycles. The first-order valence-corrected chi connectivity index (χ1v) is 8.78. The summed E-state index contributed by atoms with van der Waals surface area (Å²) in [5, 5.41) is 0.250. The molecular formula is C18H23NO10. The molecule has 2 amide bonds. The zero-order valence-electron chi connectivity index (χ0n) is 16.4. The Hall–Kier alpha value is -3.24. The molecule has 2 atom stereocenters. The fourth-order valence-electron chi connectivity index (χ4n) is 2.04. The topological polar surface area (TPSA) is 143 Å². The first-order chi connectivity index (χ1) is 13.5. The van der Waals surface area contributed by atoms with Crippen LogP contribution < -0.4 is 0 Å². The van der Waals surface area contributed by atoms with Gasteiger partial charge in [-0.05, 0) is 12.0 Å². The SMILES string of the molecule is C=C[C@H](OC(=O)C[C@H](OC(C)=O)C(=O)ON1C(=O)CCC1=O)C(=O)OCC(C)C. The number of carbonyl (C=O) groups excluding carboxylic acids is 6. The van der Waals surface area contributed by atoms with Gasteiger partial charge in [0.25, 0.3) is 11.8 Å². The second-order valence-corrected chi connectivity index (χ2v) is 6.46. The highest BCUT2D eigenvalue weighted by Crippen LogP contribution is 2.15. The third kappa shape index (κ3) is 7.72. The second-order valence-electron chi connectivity index (χ2n) is 6.46. The van der Waals surface area contributed by atoms with E-state index < -0.39 is 54.3 Å². The molecule has 0 spiro atoms. The summed E-state index contributed by atoms with van der Waals surface area (Å²) < 4.78 is 14.5. The Labute approximate surface area is 166 Å². The molecule has 0 aromatic rings. The van der Waals surface area contributed by atoms with Gasteiger partial charge in [0.05, 0.1) is 13.0 Å². The van der Waals surface area contributed by atoms with Crippen LogP contribution in [0.15, 0.2) is 12.7 Å². The molecule has 0 aromatic heterocycles. The lowest BCUT2D eigenvalue weighted by molar-refractivity contribution is -0.206. The van der Waals surface area contributed by atoms with Gasteiger partial charge in [0.1, 0.15) is 0 Å². The zero-order chi connectivity index (χ0) is 22.1. The summed E-state index contributed by atoms with van der Waals surface area (Å²) in [5.41, 5.74) is 0. The van der Waals surface area contributed by atoms with Crippen molar-refractivity contribution in [3.8, 4) is 0 Å². The van der Waals surface area contributed by atoms with Gasteiger partial charge < -0.3 is 19.0 Å². The third-order valence-corrected chi connectivity index (χ3v) is 3.37. The number of carbonyl (C=O) groups is 6. The number of ether oxygens (including phenoxy) is 3. The molecule has 1 rings (SSSR count). The number of nitrogens with zero attached hydrogens (tertiary/aromatic N) is 1. The summed E-state index contributed by atoms with van der Waals surface area (Å²) in [5.74, 6) is -5.63. The van der Waals surface area contributed by atoms with Gasteiger partial charge in [-0.1, -0.05) is 20.4 Å². The average molecular weight is 413 g/mol. The van der Waals surface area contributed by atoms with E-state index in [1.165, 1.54) is 0 Å². The number of amides is 2. The van der Waals surface area contributed by atoms with E-state index in [4.69, 9.17) is 14.2 Å². The van der Waals surface area contributed by atoms with E-state index in [0.29, 0.717) is 0 Å². The van der Waals surface area contributed by atoms with Crippen LogP contribution in [-0.2, 0) is 47.8 Å². The molecule has 1 aliphatic rings. The van der Waals surface area contributed by atoms with Gasteiger partial charge in [-0.2, -0.15) is 0 Å². The van der Waals surface area contributed by atoms with Gasteiger partial charge in [-0.15, -0.1) is 5.06 Å². The van der Waals surface area contributed by atoms with Gasteiger partial charge in [0, 0.05) is 19.8 Å². The predicted molar refractivity (Wildman–Crippen MR) is 93.2 cm³/mol. The van der Waals surface area contributed by atoms with Crippen LogP contribution in [-0.4, -0.2) is 59.6 Å². The van der Waals surface area contributed by atoms with Gasteiger partial charge in [0.15, 0.2) is 0 Å². The summed E-state index contributed by atoms with van der Waals surface area (Å²) in [6, 6.07) is 0. The van der Waals surface area contributed by atoms with Crippen LogP contribution in [0.4, 0.5) is 0 Å². The molecule has 0 aliphatic carbocycles. The standard InChI is InChI=1S/C18H23NO10/c1-5-12(17(24)26-9-10(2)3)28-16(23)8-13(27-11(4)20)18(25)29-19-14(21)6-7-15(19)22/h5,10,12-13H,1,6-9H2,2-4H3/t12-,13-/m0/s1. The minimum absolute atomic E-state index is 0.0549. The molecule has 1 heterocycles. The number of hydrogen-bond donors (Lipinski definition) is 0. The summed E-state index contributed by atoms with van der Waals surface area (Å²) in [6.07, 6.45) is -3.29. The Morgan fingerprint density at radius 2 is 1.66 bits per heavy atom. The minimum atomic E-state index is -1.79. The fraction of sp³-hybridized carbons (Fsp3) is 0.556. The molecule has 0 radical (unpaired) electrons. The van der Waals surface area contributed by atoms with Crippen LogP contribution in [0.3, 0.4) is 0 Å². The van der Waals surface area contributed by atoms with Crippen LogP contribution >= 0.6 is 0 Å². The predicted octanol–water partition coefficient (Wildman–Crippen LogP) is 0.212. The molecule has 11 heteroatoms. The molecule has 0 bridgehead atoms. The minimum Gasteiger partial charge on any atom is -0.462 e. The van der Waals surface area contributed by atoms with Gasteiger partial charge in [-0.3, -0.25) is 19.2 Å². The molecule has 1 aliphatic heterocycles. The molecule has 11 nitrogen and oxygen atoms in total. The van der Waals surface area contributed by atoms with Crippen LogP contribution in [0, 0.1) is 5.92 Å². The van der Waals surface area contributed by atoms with Crippen molar-refractivity contribution in [1.82, 2.24) is 5.06 Å². The number of esters is 3. The van der Waals surface area contributed by atoms with Crippen LogP contribution in [0.1, 0.15) is 40.0 Å². The summed E-state index contributed by atoms with van der Waals surface area (Å²) >= 11 is 0. The number of rotatable bonds is 10. The quantitative estimate of drug-likeness (QED) is 0.211. The zero-order valence-corrected chi connectivity index (χ0v) is 16.4. The van der Waals surface area contributed by atoms with Gasteiger partial charge in [-0.25, -0.2) is 9.59 Å². The Morgan fingerprint density at radius 3 is 2.14 bits per heavy atom. The Morgan fingerprint density at radius 1 is 1.07 bits per heavy atom. The van der Waals surface area contributed by atoms with Crippen molar-refractivity contribution in [1.29, 1.82) is 0 Å².